The maximum Gasteiger partial charge on any atom is 0.204 e. The van der Waals surface area contributed by atoms with Crippen molar-refractivity contribution in [3.05, 3.63) is 34.5 Å². The third-order valence-electron chi connectivity index (χ3n) is 1.84. The highest BCUT2D eigenvalue weighted by Crippen LogP contribution is 2.15. The van der Waals surface area contributed by atoms with E-state index in [0.717, 1.165) is 0 Å². The van der Waals surface area contributed by atoms with Crippen molar-refractivity contribution in [2.24, 2.45) is 7.05 Å². The van der Waals surface area contributed by atoms with Crippen LogP contribution < -0.4 is 0 Å². The monoisotopic (exact) mass is 269 g/mol. The molecule has 6 heteroatoms. The van der Waals surface area contributed by atoms with Gasteiger partial charge in [-0.05, 0) is 28.1 Å². The second kappa shape index (κ2) is 3.98. The number of ketones is 1. The van der Waals surface area contributed by atoms with Crippen molar-refractivity contribution in [2.45, 2.75) is 6.42 Å². The number of rotatable bonds is 3. The summed E-state index contributed by atoms with van der Waals surface area (Å²) in [5, 5.41) is 7.57. The number of hydrogen-bond acceptors (Lipinski definition) is 4. The summed E-state index contributed by atoms with van der Waals surface area (Å²) >= 11 is 3.14. The summed E-state index contributed by atoms with van der Waals surface area (Å²) in [7, 11) is 1.75. The Morgan fingerprint density at radius 1 is 1.60 bits per heavy atom. The largest absolute Gasteiger partial charge is 0.446 e. The van der Waals surface area contributed by atoms with Crippen LogP contribution in [0.1, 0.15) is 16.2 Å². The van der Waals surface area contributed by atoms with Crippen molar-refractivity contribution < 1.29 is 9.21 Å². The molecule has 15 heavy (non-hydrogen) atoms. The van der Waals surface area contributed by atoms with Gasteiger partial charge in [0.2, 0.25) is 5.78 Å². The zero-order valence-electron chi connectivity index (χ0n) is 7.98. The fraction of sp³-hybridized carbons (Fsp3) is 0.222. The first-order chi connectivity index (χ1) is 7.15. The number of hydrogen-bond donors (Lipinski definition) is 0. The molecule has 0 aliphatic rings. The van der Waals surface area contributed by atoms with E-state index in [1.54, 1.807) is 30.1 Å². The average molecular weight is 270 g/mol. The third kappa shape index (κ3) is 2.33. The second-order valence-electron chi connectivity index (χ2n) is 3.09. The molecule has 0 unspecified atom stereocenters. The molecule has 0 amide bonds. The molecule has 0 aromatic carbocycles. The molecule has 0 N–H and O–H groups in total. The van der Waals surface area contributed by atoms with E-state index in [-0.39, 0.29) is 12.2 Å². The lowest BCUT2D eigenvalue weighted by molar-refractivity contribution is 0.0964. The predicted molar refractivity (Wildman–Crippen MR) is 55.4 cm³/mol. The van der Waals surface area contributed by atoms with Gasteiger partial charge in [-0.25, -0.2) is 0 Å². The number of Topliss-reactive ketones (excluding diaryl/α,β-unsaturated/α-hetero) is 1. The van der Waals surface area contributed by atoms with Crippen LogP contribution in [0.3, 0.4) is 0 Å². The molecule has 0 aliphatic carbocycles. The maximum absolute atomic E-state index is 11.6. The molecule has 0 spiro atoms. The molecule has 0 saturated carbocycles. The van der Waals surface area contributed by atoms with Crippen LogP contribution in [0, 0.1) is 0 Å². The molecule has 0 saturated heterocycles. The molecule has 2 heterocycles. The van der Waals surface area contributed by atoms with Crippen molar-refractivity contribution >= 4 is 21.7 Å². The van der Waals surface area contributed by atoms with E-state index < -0.39 is 0 Å². The third-order valence-corrected chi connectivity index (χ3v) is 2.27. The first-order valence-corrected chi connectivity index (χ1v) is 5.08. The highest BCUT2D eigenvalue weighted by Gasteiger charge is 2.13. The standard InChI is InChI=1S/C9H8BrN3O2/c1-13-5-6(11-12-13)4-7(14)8-2-3-9(10)15-8/h2-3,5H,4H2,1H3. The molecule has 2 rings (SSSR count). The first-order valence-electron chi connectivity index (χ1n) is 4.29. The van der Waals surface area contributed by atoms with E-state index in [9.17, 15) is 4.79 Å². The highest BCUT2D eigenvalue weighted by molar-refractivity contribution is 9.10. The van der Waals surface area contributed by atoms with Crippen molar-refractivity contribution in [2.75, 3.05) is 0 Å². The van der Waals surface area contributed by atoms with Gasteiger partial charge in [-0.3, -0.25) is 9.48 Å². The van der Waals surface area contributed by atoms with E-state index >= 15 is 0 Å². The van der Waals surface area contributed by atoms with E-state index in [2.05, 4.69) is 26.2 Å². The van der Waals surface area contributed by atoms with Gasteiger partial charge in [0, 0.05) is 13.2 Å². The van der Waals surface area contributed by atoms with Gasteiger partial charge in [0.05, 0.1) is 12.1 Å². The van der Waals surface area contributed by atoms with Crippen LogP contribution in [0.25, 0.3) is 0 Å². The molecule has 0 atom stereocenters. The fourth-order valence-electron chi connectivity index (χ4n) is 1.19. The number of nitrogens with zero attached hydrogens (tertiary/aromatic N) is 3. The van der Waals surface area contributed by atoms with Crippen LogP contribution in [0.4, 0.5) is 0 Å². The zero-order valence-corrected chi connectivity index (χ0v) is 9.56. The normalized spacial score (nSPS) is 10.5. The first kappa shape index (κ1) is 10.1. The topological polar surface area (TPSA) is 60.9 Å². The average Bonchev–Trinajstić information content (AvgIpc) is 2.75. The molecule has 0 radical (unpaired) electrons. The van der Waals surface area contributed by atoms with Gasteiger partial charge >= 0.3 is 0 Å². The summed E-state index contributed by atoms with van der Waals surface area (Å²) in [6, 6.07) is 3.31. The second-order valence-corrected chi connectivity index (χ2v) is 3.87. The molecule has 0 aliphatic heterocycles. The highest BCUT2D eigenvalue weighted by atomic mass is 79.9. The van der Waals surface area contributed by atoms with Crippen LogP contribution >= 0.6 is 15.9 Å². The summed E-state index contributed by atoms with van der Waals surface area (Å²) in [5.41, 5.74) is 0.634. The lowest BCUT2D eigenvalue weighted by atomic mass is 10.2. The number of carbonyl (C=O) groups is 1. The maximum atomic E-state index is 11.6. The molecule has 78 valence electrons. The van der Waals surface area contributed by atoms with Gasteiger partial charge in [-0.2, -0.15) is 0 Å². The molecule has 0 fully saturated rings. The molecule has 2 aromatic rings. The van der Waals surface area contributed by atoms with Crippen molar-refractivity contribution in [1.29, 1.82) is 0 Å². The Labute approximate surface area is 94.2 Å². The van der Waals surface area contributed by atoms with Crippen molar-refractivity contribution in [3.8, 4) is 0 Å². The number of carbonyl (C=O) groups excluding carboxylic acids is 1. The summed E-state index contributed by atoms with van der Waals surface area (Å²) in [6.45, 7) is 0. The van der Waals surface area contributed by atoms with Crippen molar-refractivity contribution in [3.63, 3.8) is 0 Å². The van der Waals surface area contributed by atoms with Crippen LogP contribution in [0.15, 0.2) is 27.4 Å². The number of halogens is 1. The lowest BCUT2D eigenvalue weighted by Crippen LogP contribution is -2.02. The predicted octanol–water partition coefficient (Wildman–Crippen LogP) is 1.60. The molecular weight excluding hydrogens is 262 g/mol. The Kier molecular flexibility index (Phi) is 2.68. The van der Waals surface area contributed by atoms with Gasteiger partial charge in [-0.1, -0.05) is 5.21 Å². The Morgan fingerprint density at radius 2 is 2.40 bits per heavy atom. The Hall–Kier alpha value is -1.43. The van der Waals surface area contributed by atoms with Crippen LogP contribution in [-0.2, 0) is 13.5 Å². The molecule has 2 aromatic heterocycles. The lowest BCUT2D eigenvalue weighted by Gasteiger charge is -1.92. The van der Waals surface area contributed by atoms with Crippen LogP contribution in [0.2, 0.25) is 0 Å². The van der Waals surface area contributed by atoms with Gasteiger partial charge in [0.25, 0.3) is 0 Å². The fourth-order valence-corrected chi connectivity index (χ4v) is 1.50. The summed E-state index contributed by atoms with van der Waals surface area (Å²) in [4.78, 5) is 11.6. The number of aryl methyl sites for hydroxylation is 1. The molecule has 5 nitrogen and oxygen atoms in total. The SMILES string of the molecule is Cn1cc(CC(=O)c2ccc(Br)o2)nn1. The molecular formula is C9H8BrN3O2. The minimum absolute atomic E-state index is 0.110. The van der Waals surface area contributed by atoms with Gasteiger partial charge < -0.3 is 4.42 Å². The van der Waals surface area contributed by atoms with E-state index in [1.807, 2.05) is 0 Å². The minimum Gasteiger partial charge on any atom is -0.446 e. The number of aromatic nitrogens is 3. The van der Waals surface area contributed by atoms with Gasteiger partial charge in [-0.15, -0.1) is 5.10 Å². The van der Waals surface area contributed by atoms with E-state index in [1.165, 1.54) is 0 Å². The van der Waals surface area contributed by atoms with Crippen LogP contribution in [-0.4, -0.2) is 20.8 Å². The number of furan rings is 1. The minimum atomic E-state index is -0.110. The van der Waals surface area contributed by atoms with Gasteiger partial charge in [0.15, 0.2) is 10.4 Å². The molecule has 0 bridgehead atoms. The van der Waals surface area contributed by atoms with Gasteiger partial charge in [0.1, 0.15) is 0 Å². The van der Waals surface area contributed by atoms with E-state index in [4.69, 9.17) is 4.42 Å². The Balaban J connectivity index is 2.10. The van der Waals surface area contributed by atoms with Crippen LogP contribution in [0.5, 0.6) is 0 Å². The van der Waals surface area contributed by atoms with E-state index in [0.29, 0.717) is 16.1 Å². The summed E-state index contributed by atoms with van der Waals surface area (Å²) < 4.78 is 7.24. The zero-order chi connectivity index (χ0) is 10.8. The Morgan fingerprint density at radius 3 is 2.93 bits per heavy atom. The smallest absolute Gasteiger partial charge is 0.204 e. The Bertz CT molecular complexity index is 489. The summed E-state index contributed by atoms with van der Waals surface area (Å²) in [6.07, 6.45) is 1.91. The summed E-state index contributed by atoms with van der Waals surface area (Å²) in [5.74, 6) is 0.216. The van der Waals surface area contributed by atoms with Crippen molar-refractivity contribution in [1.82, 2.24) is 15.0 Å². The quantitative estimate of drug-likeness (QED) is 0.795.